The molecule has 0 radical (unpaired) electrons. The Labute approximate surface area is 163 Å². The molecular formula is C21H22N4O3. The van der Waals surface area contributed by atoms with Gasteiger partial charge in [0.2, 0.25) is 0 Å². The number of rotatable bonds is 4. The normalized spacial score (nSPS) is 13.2. The van der Waals surface area contributed by atoms with Gasteiger partial charge in [-0.05, 0) is 48.7 Å². The molecule has 0 saturated carbocycles. The molecule has 7 nitrogen and oxygen atoms in total. The first-order valence-corrected chi connectivity index (χ1v) is 9.09. The van der Waals surface area contributed by atoms with Crippen LogP contribution in [0.15, 0.2) is 43.0 Å². The second-order valence-corrected chi connectivity index (χ2v) is 6.84. The minimum Gasteiger partial charge on any atom is -0.493 e. The van der Waals surface area contributed by atoms with Crippen LogP contribution in [0.1, 0.15) is 27.0 Å². The third-order valence-corrected chi connectivity index (χ3v) is 5.08. The van der Waals surface area contributed by atoms with Gasteiger partial charge in [0.1, 0.15) is 12.7 Å². The van der Waals surface area contributed by atoms with Crippen LogP contribution in [0.25, 0.3) is 5.69 Å². The molecule has 0 bridgehead atoms. The second-order valence-electron chi connectivity index (χ2n) is 6.84. The van der Waals surface area contributed by atoms with Gasteiger partial charge < -0.3 is 14.4 Å². The Hall–Kier alpha value is -3.35. The summed E-state index contributed by atoms with van der Waals surface area (Å²) in [6, 6.07) is 9.80. The van der Waals surface area contributed by atoms with Crippen LogP contribution in [0.5, 0.6) is 11.5 Å². The number of amides is 1. The highest BCUT2D eigenvalue weighted by Crippen LogP contribution is 2.33. The van der Waals surface area contributed by atoms with Gasteiger partial charge in [-0.25, -0.2) is 0 Å². The van der Waals surface area contributed by atoms with E-state index in [1.54, 1.807) is 31.4 Å². The molecule has 0 spiro atoms. The van der Waals surface area contributed by atoms with Crippen molar-refractivity contribution in [2.75, 3.05) is 20.8 Å². The maximum atomic E-state index is 13.4. The molecule has 3 aromatic rings. The van der Waals surface area contributed by atoms with Crippen LogP contribution in [-0.2, 0) is 13.0 Å². The van der Waals surface area contributed by atoms with E-state index in [0.717, 1.165) is 29.0 Å². The highest BCUT2D eigenvalue weighted by molar-refractivity contribution is 5.98. The van der Waals surface area contributed by atoms with Crippen molar-refractivity contribution in [2.45, 2.75) is 19.9 Å². The third-order valence-electron chi connectivity index (χ3n) is 5.08. The molecule has 0 saturated heterocycles. The zero-order valence-electron chi connectivity index (χ0n) is 16.2. The maximum absolute atomic E-state index is 13.4. The van der Waals surface area contributed by atoms with Gasteiger partial charge in [-0.2, -0.15) is 0 Å². The predicted octanol–water partition coefficient (Wildman–Crippen LogP) is 2.79. The molecule has 1 aliphatic rings. The fraction of sp³-hybridized carbons (Fsp3) is 0.286. The average molecular weight is 378 g/mol. The van der Waals surface area contributed by atoms with Crippen LogP contribution < -0.4 is 9.47 Å². The Morgan fingerprint density at radius 1 is 1.00 bits per heavy atom. The molecule has 4 rings (SSSR count). The molecule has 1 aliphatic heterocycles. The summed E-state index contributed by atoms with van der Waals surface area (Å²) in [7, 11) is 3.25. The molecule has 2 heterocycles. The number of carbonyl (C=O) groups excluding carboxylic acids is 1. The van der Waals surface area contributed by atoms with Crippen molar-refractivity contribution in [1.29, 1.82) is 0 Å². The largest absolute Gasteiger partial charge is 0.493 e. The summed E-state index contributed by atoms with van der Waals surface area (Å²) in [6.45, 7) is 3.16. The number of hydrogen-bond acceptors (Lipinski definition) is 5. The standard InChI is InChI=1S/C21H22N4O3/c1-14-4-5-18(25-12-22-23-13-25)17(8-14)21(26)24-7-6-15-9-19(27-2)20(28-3)10-16(15)11-24/h4-5,8-10,12-13H,6-7,11H2,1-3H3. The summed E-state index contributed by atoms with van der Waals surface area (Å²) in [4.78, 5) is 15.2. The number of benzene rings is 2. The van der Waals surface area contributed by atoms with Gasteiger partial charge in [0.05, 0.1) is 25.5 Å². The zero-order chi connectivity index (χ0) is 19.7. The van der Waals surface area contributed by atoms with Crippen molar-refractivity contribution in [3.63, 3.8) is 0 Å². The summed E-state index contributed by atoms with van der Waals surface area (Å²) in [5, 5.41) is 7.72. The SMILES string of the molecule is COc1cc2c(cc1OC)CN(C(=O)c1cc(C)ccc1-n1cnnc1)CC2. The second kappa shape index (κ2) is 7.34. The summed E-state index contributed by atoms with van der Waals surface area (Å²) in [5.41, 5.74) is 4.71. The highest BCUT2D eigenvalue weighted by atomic mass is 16.5. The third kappa shape index (κ3) is 3.19. The van der Waals surface area contributed by atoms with Crippen molar-refractivity contribution in [1.82, 2.24) is 19.7 Å². The van der Waals surface area contributed by atoms with E-state index in [4.69, 9.17) is 9.47 Å². The molecule has 1 aromatic heterocycles. The van der Waals surface area contributed by atoms with Gasteiger partial charge in [-0.3, -0.25) is 9.36 Å². The Kier molecular flexibility index (Phi) is 4.73. The Morgan fingerprint density at radius 2 is 1.68 bits per heavy atom. The quantitative estimate of drug-likeness (QED) is 0.698. The molecule has 2 aromatic carbocycles. The van der Waals surface area contributed by atoms with E-state index in [1.807, 2.05) is 42.2 Å². The molecule has 7 heteroatoms. The van der Waals surface area contributed by atoms with Crippen LogP contribution in [0, 0.1) is 6.92 Å². The van der Waals surface area contributed by atoms with Gasteiger partial charge in [-0.1, -0.05) is 11.6 Å². The lowest BCUT2D eigenvalue weighted by Gasteiger charge is -2.30. The molecule has 0 atom stereocenters. The summed E-state index contributed by atoms with van der Waals surface area (Å²) in [6.07, 6.45) is 3.98. The number of ether oxygens (including phenoxy) is 2. The fourth-order valence-electron chi connectivity index (χ4n) is 3.60. The van der Waals surface area contributed by atoms with Gasteiger partial charge in [0, 0.05) is 13.1 Å². The van der Waals surface area contributed by atoms with E-state index in [1.165, 1.54) is 5.56 Å². The van der Waals surface area contributed by atoms with Gasteiger partial charge >= 0.3 is 0 Å². The Bertz CT molecular complexity index is 1010. The number of hydrogen-bond donors (Lipinski definition) is 0. The monoisotopic (exact) mass is 378 g/mol. The highest BCUT2D eigenvalue weighted by Gasteiger charge is 2.25. The maximum Gasteiger partial charge on any atom is 0.256 e. The lowest BCUT2D eigenvalue weighted by Crippen LogP contribution is -2.36. The van der Waals surface area contributed by atoms with Crippen LogP contribution in [0.2, 0.25) is 0 Å². The van der Waals surface area contributed by atoms with Crippen LogP contribution >= 0.6 is 0 Å². The zero-order valence-corrected chi connectivity index (χ0v) is 16.2. The molecule has 0 unspecified atom stereocenters. The van der Waals surface area contributed by atoms with E-state index >= 15 is 0 Å². The van der Waals surface area contributed by atoms with Crippen LogP contribution in [0.3, 0.4) is 0 Å². The first-order chi connectivity index (χ1) is 13.6. The number of fused-ring (bicyclic) bond motifs is 1. The van der Waals surface area contributed by atoms with Crippen molar-refractivity contribution < 1.29 is 14.3 Å². The Balaban J connectivity index is 1.67. The van der Waals surface area contributed by atoms with Crippen molar-refractivity contribution in [3.8, 4) is 17.2 Å². The summed E-state index contributed by atoms with van der Waals surface area (Å²) < 4.78 is 12.6. The molecule has 0 N–H and O–H groups in total. The molecule has 0 fully saturated rings. The molecule has 28 heavy (non-hydrogen) atoms. The molecule has 0 aliphatic carbocycles. The summed E-state index contributed by atoms with van der Waals surface area (Å²) in [5.74, 6) is 1.39. The molecule has 1 amide bonds. The van der Waals surface area contributed by atoms with Crippen molar-refractivity contribution >= 4 is 5.91 Å². The first kappa shape index (κ1) is 18.0. The van der Waals surface area contributed by atoms with Crippen LogP contribution in [-0.4, -0.2) is 46.3 Å². The van der Waals surface area contributed by atoms with Crippen molar-refractivity contribution in [3.05, 3.63) is 65.2 Å². The predicted molar refractivity (Wildman–Crippen MR) is 104 cm³/mol. The minimum atomic E-state index is -0.00663. The topological polar surface area (TPSA) is 69.5 Å². The molecule has 144 valence electrons. The number of methoxy groups -OCH3 is 2. The van der Waals surface area contributed by atoms with E-state index in [9.17, 15) is 4.79 Å². The van der Waals surface area contributed by atoms with Gasteiger partial charge in [-0.15, -0.1) is 10.2 Å². The first-order valence-electron chi connectivity index (χ1n) is 9.09. The number of nitrogens with zero attached hydrogens (tertiary/aromatic N) is 4. The molecular weight excluding hydrogens is 356 g/mol. The summed E-state index contributed by atoms with van der Waals surface area (Å²) >= 11 is 0. The van der Waals surface area contributed by atoms with Gasteiger partial charge in [0.15, 0.2) is 11.5 Å². The van der Waals surface area contributed by atoms with E-state index in [0.29, 0.717) is 24.4 Å². The fourth-order valence-corrected chi connectivity index (χ4v) is 3.60. The van der Waals surface area contributed by atoms with E-state index < -0.39 is 0 Å². The van der Waals surface area contributed by atoms with E-state index in [2.05, 4.69) is 10.2 Å². The lowest BCUT2D eigenvalue weighted by atomic mass is 9.97. The Morgan fingerprint density at radius 3 is 2.36 bits per heavy atom. The van der Waals surface area contributed by atoms with E-state index in [-0.39, 0.29) is 5.91 Å². The average Bonchev–Trinajstić information content (AvgIpc) is 3.26. The van der Waals surface area contributed by atoms with Gasteiger partial charge in [0.25, 0.3) is 5.91 Å². The number of aryl methyl sites for hydroxylation is 1. The lowest BCUT2D eigenvalue weighted by molar-refractivity contribution is 0.0734. The number of carbonyl (C=O) groups is 1. The van der Waals surface area contributed by atoms with Crippen LogP contribution in [0.4, 0.5) is 0 Å². The number of aromatic nitrogens is 3. The smallest absolute Gasteiger partial charge is 0.256 e. The van der Waals surface area contributed by atoms with Crippen molar-refractivity contribution in [2.24, 2.45) is 0 Å². The minimum absolute atomic E-state index is 0.00663.